The second-order valence-corrected chi connectivity index (χ2v) is 5.87. The smallest absolute Gasteiger partial charge is 0.336 e. The van der Waals surface area contributed by atoms with Gasteiger partial charge in [0.05, 0.1) is 4.92 Å². The topological polar surface area (TPSA) is 82.6 Å². The molecule has 3 rings (SSSR count). The zero-order chi connectivity index (χ0) is 18.0. The molecule has 0 aliphatic rings. The number of nitro groups is 1. The van der Waals surface area contributed by atoms with Crippen LogP contribution in [0.2, 0.25) is 5.02 Å². The lowest BCUT2D eigenvalue weighted by atomic mass is 10.1. The number of fused-ring (bicyclic) bond motifs is 1. The summed E-state index contributed by atoms with van der Waals surface area (Å²) in [5, 5.41) is 12.1. The monoisotopic (exact) mass is 359 g/mol. The van der Waals surface area contributed by atoms with Gasteiger partial charge in [-0.2, -0.15) is 0 Å². The fraction of sp³-hybridized carbons (Fsp3) is 0.167. The number of hydrogen-bond acceptors (Lipinski definition) is 5. The Balaban J connectivity index is 1.97. The maximum absolute atomic E-state index is 11.8. The molecule has 0 radical (unpaired) electrons. The van der Waals surface area contributed by atoms with Gasteiger partial charge >= 0.3 is 11.3 Å². The predicted octanol–water partition coefficient (Wildman–Crippen LogP) is 4.50. The molecular formula is C18H14ClNO5. The Hall–Kier alpha value is -2.86. The van der Waals surface area contributed by atoms with Crippen LogP contribution in [0.25, 0.3) is 11.0 Å². The Morgan fingerprint density at radius 3 is 2.72 bits per heavy atom. The summed E-state index contributed by atoms with van der Waals surface area (Å²) < 4.78 is 10.8. The van der Waals surface area contributed by atoms with Crippen LogP contribution in [0.15, 0.2) is 51.7 Å². The van der Waals surface area contributed by atoms with Gasteiger partial charge in [-0.3, -0.25) is 10.1 Å². The molecule has 0 aliphatic carbocycles. The van der Waals surface area contributed by atoms with Crippen molar-refractivity contribution in [3.63, 3.8) is 0 Å². The number of ether oxygens (including phenoxy) is 1. The fourth-order valence-corrected chi connectivity index (χ4v) is 2.69. The Morgan fingerprint density at radius 1 is 1.20 bits per heavy atom. The van der Waals surface area contributed by atoms with Crippen LogP contribution in [0.1, 0.15) is 18.1 Å². The molecule has 2 aromatic carbocycles. The predicted molar refractivity (Wildman–Crippen MR) is 94.3 cm³/mol. The third-order valence-corrected chi connectivity index (χ3v) is 4.04. The highest BCUT2D eigenvalue weighted by Gasteiger charge is 2.16. The molecule has 6 nitrogen and oxygen atoms in total. The van der Waals surface area contributed by atoms with Crippen molar-refractivity contribution in [3.8, 4) is 5.75 Å². The average Bonchev–Trinajstić information content (AvgIpc) is 2.59. The first kappa shape index (κ1) is 17.0. The minimum atomic E-state index is -0.563. The molecule has 0 fully saturated rings. The first-order valence-electron chi connectivity index (χ1n) is 7.60. The highest BCUT2D eigenvalue weighted by Crippen LogP contribution is 2.31. The summed E-state index contributed by atoms with van der Waals surface area (Å²) in [7, 11) is 0. The Kier molecular flexibility index (Phi) is 4.72. The number of benzene rings is 2. The number of nitro benzene ring substituents is 1. The average molecular weight is 360 g/mol. The van der Waals surface area contributed by atoms with Gasteiger partial charge in [-0.05, 0) is 30.2 Å². The number of aryl methyl sites for hydroxylation is 1. The largest absolute Gasteiger partial charge is 0.482 e. The molecule has 7 heteroatoms. The van der Waals surface area contributed by atoms with Crippen LogP contribution >= 0.6 is 11.6 Å². The molecule has 25 heavy (non-hydrogen) atoms. The summed E-state index contributed by atoms with van der Waals surface area (Å²) >= 11 is 5.79. The molecule has 3 aromatic rings. The lowest BCUT2D eigenvalue weighted by Gasteiger charge is -2.09. The zero-order valence-corrected chi connectivity index (χ0v) is 14.1. The van der Waals surface area contributed by atoms with Crippen LogP contribution < -0.4 is 10.4 Å². The molecular weight excluding hydrogens is 346 g/mol. The first-order chi connectivity index (χ1) is 12.0. The second kappa shape index (κ2) is 6.94. The molecule has 0 saturated heterocycles. The number of rotatable bonds is 5. The summed E-state index contributed by atoms with van der Waals surface area (Å²) in [5.41, 5.74) is 1.38. The quantitative estimate of drug-likeness (QED) is 0.380. The van der Waals surface area contributed by atoms with Crippen LogP contribution in [0.3, 0.4) is 0 Å². The normalized spacial score (nSPS) is 10.8. The molecule has 0 unspecified atom stereocenters. The van der Waals surface area contributed by atoms with Crippen molar-refractivity contribution < 1.29 is 14.1 Å². The van der Waals surface area contributed by atoms with Gasteiger partial charge < -0.3 is 9.15 Å². The standard InChI is InChI=1S/C18H14ClNO5/c1-2-11-3-5-14-12(8-18(21)25-17(14)7-11)10-24-16-6-4-13(19)9-15(16)20(22)23/h3-9H,2,10H2,1H3. The lowest BCUT2D eigenvalue weighted by molar-refractivity contribution is -0.385. The van der Waals surface area contributed by atoms with E-state index >= 15 is 0 Å². The Bertz CT molecular complexity index is 1010. The van der Waals surface area contributed by atoms with Crippen molar-refractivity contribution in [1.29, 1.82) is 0 Å². The van der Waals surface area contributed by atoms with Crippen LogP contribution in [0.4, 0.5) is 5.69 Å². The van der Waals surface area contributed by atoms with Crippen molar-refractivity contribution in [1.82, 2.24) is 0 Å². The molecule has 0 atom stereocenters. The molecule has 1 heterocycles. The maximum atomic E-state index is 11.8. The van der Waals surface area contributed by atoms with Crippen LogP contribution in [-0.2, 0) is 13.0 Å². The van der Waals surface area contributed by atoms with Gasteiger partial charge in [0, 0.05) is 28.1 Å². The van der Waals surface area contributed by atoms with Gasteiger partial charge in [0.25, 0.3) is 0 Å². The van der Waals surface area contributed by atoms with E-state index in [1.165, 1.54) is 24.3 Å². The summed E-state index contributed by atoms with van der Waals surface area (Å²) in [4.78, 5) is 22.3. The van der Waals surface area contributed by atoms with Crippen LogP contribution in [0.5, 0.6) is 5.75 Å². The number of halogens is 1. The van der Waals surface area contributed by atoms with E-state index < -0.39 is 10.5 Å². The van der Waals surface area contributed by atoms with Gasteiger partial charge in [-0.25, -0.2) is 4.79 Å². The second-order valence-electron chi connectivity index (χ2n) is 5.43. The van der Waals surface area contributed by atoms with E-state index in [9.17, 15) is 14.9 Å². The van der Waals surface area contributed by atoms with E-state index in [4.69, 9.17) is 20.8 Å². The van der Waals surface area contributed by atoms with Gasteiger partial charge in [-0.1, -0.05) is 30.7 Å². The number of nitrogens with zero attached hydrogens (tertiary/aromatic N) is 1. The van der Waals surface area contributed by atoms with Crippen LogP contribution in [0, 0.1) is 10.1 Å². The SMILES string of the molecule is CCc1ccc2c(COc3ccc(Cl)cc3[N+](=O)[O-])cc(=O)oc2c1. The highest BCUT2D eigenvalue weighted by atomic mass is 35.5. The van der Waals surface area contributed by atoms with Crippen molar-refractivity contribution in [2.24, 2.45) is 0 Å². The minimum Gasteiger partial charge on any atom is -0.482 e. The van der Waals surface area contributed by atoms with E-state index in [2.05, 4.69) is 0 Å². The number of hydrogen-bond donors (Lipinski definition) is 0. The molecule has 0 aliphatic heterocycles. The van der Waals surface area contributed by atoms with Gasteiger partial charge in [0.2, 0.25) is 0 Å². The third-order valence-electron chi connectivity index (χ3n) is 3.80. The van der Waals surface area contributed by atoms with Crippen molar-refractivity contribution >= 4 is 28.3 Å². The third kappa shape index (κ3) is 3.64. The van der Waals surface area contributed by atoms with Crippen molar-refractivity contribution in [2.75, 3.05) is 0 Å². The maximum Gasteiger partial charge on any atom is 0.336 e. The van der Waals surface area contributed by atoms with E-state index in [0.717, 1.165) is 17.4 Å². The molecule has 128 valence electrons. The molecule has 0 spiro atoms. The van der Waals surface area contributed by atoms with Gasteiger partial charge in [0.15, 0.2) is 5.75 Å². The molecule has 0 bridgehead atoms. The van der Waals surface area contributed by atoms with Crippen molar-refractivity contribution in [3.05, 3.63) is 79.1 Å². The summed E-state index contributed by atoms with van der Waals surface area (Å²) in [6, 6.07) is 11.1. The van der Waals surface area contributed by atoms with E-state index in [-0.39, 0.29) is 23.1 Å². The van der Waals surface area contributed by atoms with Crippen LogP contribution in [-0.4, -0.2) is 4.92 Å². The highest BCUT2D eigenvalue weighted by molar-refractivity contribution is 6.30. The zero-order valence-electron chi connectivity index (χ0n) is 13.3. The molecule has 0 amide bonds. The lowest BCUT2D eigenvalue weighted by Crippen LogP contribution is -2.05. The summed E-state index contributed by atoms with van der Waals surface area (Å²) in [6.07, 6.45) is 0.817. The first-order valence-corrected chi connectivity index (χ1v) is 7.98. The summed E-state index contributed by atoms with van der Waals surface area (Å²) in [5.74, 6) is 0.0842. The fourth-order valence-electron chi connectivity index (χ4n) is 2.52. The van der Waals surface area contributed by atoms with E-state index in [1.54, 1.807) is 0 Å². The Labute approximate surface area is 147 Å². The van der Waals surface area contributed by atoms with E-state index in [1.807, 2.05) is 25.1 Å². The molecule has 0 N–H and O–H groups in total. The molecule has 1 aromatic heterocycles. The van der Waals surface area contributed by atoms with E-state index in [0.29, 0.717) is 11.1 Å². The van der Waals surface area contributed by atoms with Crippen molar-refractivity contribution in [2.45, 2.75) is 20.0 Å². The Morgan fingerprint density at radius 2 is 2.00 bits per heavy atom. The van der Waals surface area contributed by atoms with Gasteiger partial charge in [0.1, 0.15) is 12.2 Å². The minimum absolute atomic E-state index is 0.00392. The molecule has 0 saturated carbocycles. The van der Waals surface area contributed by atoms with Gasteiger partial charge in [-0.15, -0.1) is 0 Å². The summed E-state index contributed by atoms with van der Waals surface area (Å²) in [6.45, 7) is 2.00.